The molecular weight excluding hydrogens is 314 g/mol. The van der Waals surface area contributed by atoms with Gasteiger partial charge in [-0.15, -0.1) is 11.3 Å². The second kappa shape index (κ2) is 6.69. The molecule has 3 heterocycles. The highest BCUT2D eigenvalue weighted by Gasteiger charge is 2.13. The molecule has 2 N–H and O–H groups in total. The highest BCUT2D eigenvalue weighted by Crippen LogP contribution is 2.17. The average Bonchev–Trinajstić information content (AvgIpc) is 3.15. The summed E-state index contributed by atoms with van der Waals surface area (Å²) < 4.78 is 0. The van der Waals surface area contributed by atoms with Crippen molar-refractivity contribution < 1.29 is 4.79 Å². The third-order valence-corrected chi connectivity index (χ3v) is 4.14. The maximum atomic E-state index is 12.1. The number of likely N-dealkylation sites (N-methyl/N-ethyl adjacent to an activating group) is 1. The predicted molar refractivity (Wildman–Crippen MR) is 88.5 cm³/mol. The van der Waals surface area contributed by atoms with Crippen LogP contribution < -0.4 is 10.2 Å². The van der Waals surface area contributed by atoms with E-state index in [2.05, 4.69) is 30.2 Å². The number of nitrogens with one attached hydrogen (secondary N) is 2. The van der Waals surface area contributed by atoms with Crippen molar-refractivity contribution in [2.75, 3.05) is 25.0 Å². The Kier molecular flexibility index (Phi) is 4.47. The van der Waals surface area contributed by atoms with Crippen LogP contribution in [0, 0.1) is 6.92 Å². The number of thiazole rings is 1. The summed E-state index contributed by atoms with van der Waals surface area (Å²) in [6.45, 7) is 2.75. The second-order valence-corrected chi connectivity index (χ2v) is 6.17. The van der Waals surface area contributed by atoms with Crippen molar-refractivity contribution in [2.24, 2.45) is 0 Å². The molecule has 0 aromatic carbocycles. The van der Waals surface area contributed by atoms with Crippen molar-refractivity contribution in [1.82, 2.24) is 30.2 Å². The van der Waals surface area contributed by atoms with Gasteiger partial charge < -0.3 is 15.2 Å². The molecular formula is C14H17N7OS. The van der Waals surface area contributed by atoms with Crippen molar-refractivity contribution >= 4 is 34.2 Å². The number of hydrogen-bond acceptors (Lipinski definition) is 7. The maximum absolute atomic E-state index is 12.1. The second-order valence-electron chi connectivity index (χ2n) is 5.11. The predicted octanol–water partition coefficient (Wildman–Crippen LogP) is 0.913. The summed E-state index contributed by atoms with van der Waals surface area (Å²) in [5.41, 5.74) is 2.32. The Balaban J connectivity index is 1.54. The fourth-order valence-electron chi connectivity index (χ4n) is 2.24. The third kappa shape index (κ3) is 3.62. The Morgan fingerprint density at radius 2 is 2.26 bits per heavy atom. The summed E-state index contributed by atoms with van der Waals surface area (Å²) >= 11 is 1.62. The SMILES string of the molecule is Cc1nc(CCNC(=O)CN(C)c2ncnc3nc[nH]c23)cs1. The van der Waals surface area contributed by atoms with E-state index in [0.717, 1.165) is 22.6 Å². The summed E-state index contributed by atoms with van der Waals surface area (Å²) in [6, 6.07) is 0. The van der Waals surface area contributed by atoms with Gasteiger partial charge in [0.05, 0.1) is 23.6 Å². The molecule has 8 nitrogen and oxygen atoms in total. The van der Waals surface area contributed by atoms with E-state index in [-0.39, 0.29) is 12.5 Å². The number of anilines is 1. The number of hydrogen-bond donors (Lipinski definition) is 2. The van der Waals surface area contributed by atoms with Crippen LogP contribution in [0.25, 0.3) is 11.2 Å². The molecule has 0 aliphatic rings. The Morgan fingerprint density at radius 1 is 1.39 bits per heavy atom. The minimum Gasteiger partial charge on any atom is -0.354 e. The molecule has 0 spiro atoms. The molecule has 0 aliphatic carbocycles. The van der Waals surface area contributed by atoms with E-state index in [1.54, 1.807) is 22.6 Å². The summed E-state index contributed by atoms with van der Waals surface area (Å²) in [5, 5.41) is 5.96. The van der Waals surface area contributed by atoms with Crippen molar-refractivity contribution in [3.8, 4) is 0 Å². The van der Waals surface area contributed by atoms with E-state index in [0.29, 0.717) is 18.0 Å². The fraction of sp³-hybridized carbons (Fsp3) is 0.357. The standard InChI is InChI=1S/C14H17N7OS/c1-9-20-10(6-23-9)3-4-15-11(22)5-21(2)14-12-13(17-7-16-12)18-8-19-14/h6-8H,3-5H2,1-2H3,(H,15,22)(H,16,17,18,19). The van der Waals surface area contributed by atoms with Gasteiger partial charge in [-0.1, -0.05) is 0 Å². The zero-order valence-electron chi connectivity index (χ0n) is 12.9. The molecule has 3 aromatic heterocycles. The van der Waals surface area contributed by atoms with E-state index in [9.17, 15) is 4.79 Å². The topological polar surface area (TPSA) is 99.7 Å². The molecule has 0 fully saturated rings. The Hall–Kier alpha value is -2.55. The molecule has 0 saturated carbocycles. The number of aryl methyl sites for hydroxylation is 1. The van der Waals surface area contributed by atoms with Crippen LogP contribution >= 0.6 is 11.3 Å². The van der Waals surface area contributed by atoms with E-state index in [1.807, 2.05) is 19.4 Å². The molecule has 1 amide bonds. The number of amides is 1. The van der Waals surface area contributed by atoms with Gasteiger partial charge in [0, 0.05) is 25.4 Å². The van der Waals surface area contributed by atoms with Crippen LogP contribution in [0.2, 0.25) is 0 Å². The van der Waals surface area contributed by atoms with Crippen LogP contribution in [0.1, 0.15) is 10.7 Å². The average molecular weight is 331 g/mol. The van der Waals surface area contributed by atoms with Crippen LogP contribution in [-0.4, -0.2) is 51.0 Å². The monoisotopic (exact) mass is 331 g/mol. The molecule has 23 heavy (non-hydrogen) atoms. The number of carbonyl (C=O) groups excluding carboxylic acids is 1. The van der Waals surface area contributed by atoms with Crippen molar-refractivity contribution in [3.63, 3.8) is 0 Å². The minimum atomic E-state index is -0.0641. The van der Waals surface area contributed by atoms with E-state index in [4.69, 9.17) is 0 Å². The quantitative estimate of drug-likeness (QED) is 0.696. The fourth-order valence-corrected chi connectivity index (χ4v) is 2.89. The number of aromatic nitrogens is 5. The van der Waals surface area contributed by atoms with Gasteiger partial charge in [0.1, 0.15) is 11.8 Å². The zero-order chi connectivity index (χ0) is 16.2. The van der Waals surface area contributed by atoms with Crippen LogP contribution in [-0.2, 0) is 11.2 Å². The Morgan fingerprint density at radius 3 is 3.04 bits per heavy atom. The lowest BCUT2D eigenvalue weighted by Crippen LogP contribution is -2.36. The van der Waals surface area contributed by atoms with E-state index < -0.39 is 0 Å². The van der Waals surface area contributed by atoms with Gasteiger partial charge in [0.2, 0.25) is 5.91 Å². The maximum Gasteiger partial charge on any atom is 0.239 e. The van der Waals surface area contributed by atoms with E-state index >= 15 is 0 Å². The minimum absolute atomic E-state index is 0.0641. The van der Waals surface area contributed by atoms with Gasteiger partial charge in [0.15, 0.2) is 11.5 Å². The molecule has 9 heteroatoms. The normalized spacial score (nSPS) is 10.9. The highest BCUT2D eigenvalue weighted by atomic mass is 32.1. The van der Waals surface area contributed by atoms with Gasteiger partial charge in [-0.3, -0.25) is 4.79 Å². The zero-order valence-corrected chi connectivity index (χ0v) is 13.7. The molecule has 0 saturated heterocycles. The molecule has 120 valence electrons. The highest BCUT2D eigenvalue weighted by molar-refractivity contribution is 7.09. The largest absolute Gasteiger partial charge is 0.354 e. The first-order chi connectivity index (χ1) is 11.1. The Labute approximate surface area is 137 Å². The number of fused-ring (bicyclic) bond motifs is 1. The lowest BCUT2D eigenvalue weighted by Gasteiger charge is -2.17. The molecule has 3 aromatic rings. The number of imidazole rings is 1. The molecule has 0 bridgehead atoms. The number of aromatic amines is 1. The van der Waals surface area contributed by atoms with Crippen molar-refractivity contribution in [1.29, 1.82) is 0 Å². The lowest BCUT2D eigenvalue weighted by atomic mass is 10.3. The van der Waals surface area contributed by atoms with Crippen LogP contribution in [0.5, 0.6) is 0 Å². The summed E-state index contributed by atoms with van der Waals surface area (Å²) in [5.74, 6) is 0.587. The van der Waals surface area contributed by atoms with Crippen molar-refractivity contribution in [3.05, 3.63) is 28.7 Å². The molecule has 3 rings (SSSR count). The first kappa shape index (κ1) is 15.3. The Bertz CT molecular complexity index is 812. The molecule has 0 atom stereocenters. The van der Waals surface area contributed by atoms with Crippen LogP contribution in [0.4, 0.5) is 5.82 Å². The first-order valence-electron chi connectivity index (χ1n) is 7.16. The summed E-state index contributed by atoms with van der Waals surface area (Å²) in [4.78, 5) is 33.6. The number of nitrogens with zero attached hydrogens (tertiary/aromatic N) is 5. The van der Waals surface area contributed by atoms with Crippen LogP contribution in [0.3, 0.4) is 0 Å². The summed E-state index contributed by atoms with van der Waals surface area (Å²) in [7, 11) is 1.81. The lowest BCUT2D eigenvalue weighted by molar-refractivity contribution is -0.119. The smallest absolute Gasteiger partial charge is 0.239 e. The number of rotatable bonds is 6. The van der Waals surface area contributed by atoms with Gasteiger partial charge in [0.25, 0.3) is 0 Å². The van der Waals surface area contributed by atoms with Gasteiger partial charge in [-0.05, 0) is 6.92 Å². The first-order valence-corrected chi connectivity index (χ1v) is 8.04. The molecule has 0 aliphatic heterocycles. The van der Waals surface area contributed by atoms with E-state index in [1.165, 1.54) is 6.33 Å². The van der Waals surface area contributed by atoms with Crippen LogP contribution in [0.15, 0.2) is 18.0 Å². The van der Waals surface area contributed by atoms with Gasteiger partial charge in [-0.25, -0.2) is 19.9 Å². The third-order valence-electron chi connectivity index (χ3n) is 3.32. The molecule has 0 unspecified atom stereocenters. The van der Waals surface area contributed by atoms with Gasteiger partial charge >= 0.3 is 0 Å². The number of carbonyl (C=O) groups is 1. The van der Waals surface area contributed by atoms with Crippen molar-refractivity contribution in [2.45, 2.75) is 13.3 Å². The van der Waals surface area contributed by atoms with Gasteiger partial charge in [-0.2, -0.15) is 0 Å². The summed E-state index contributed by atoms with van der Waals surface area (Å²) in [6.07, 6.45) is 3.74. The molecule has 0 radical (unpaired) electrons. The number of H-pyrrole nitrogens is 1.